The second-order valence-electron chi connectivity index (χ2n) is 6.86. The van der Waals surface area contributed by atoms with E-state index in [1.807, 2.05) is 16.4 Å². The zero-order valence-corrected chi connectivity index (χ0v) is 13.5. The second kappa shape index (κ2) is 5.64. The molecule has 0 aliphatic heterocycles. The molecule has 0 amide bonds. The van der Waals surface area contributed by atoms with Gasteiger partial charge in [-0.15, -0.1) is 5.10 Å². The molecule has 2 atom stereocenters. The zero-order valence-electron chi connectivity index (χ0n) is 12.7. The molecule has 0 radical (unpaired) electrons. The van der Waals surface area contributed by atoms with Crippen LogP contribution in [-0.2, 0) is 0 Å². The molecule has 112 valence electrons. The van der Waals surface area contributed by atoms with Crippen LogP contribution >= 0.6 is 11.8 Å². The first-order chi connectivity index (χ1) is 9.59. The average Bonchev–Trinajstić information content (AvgIpc) is 3.13. The van der Waals surface area contributed by atoms with E-state index in [0.29, 0.717) is 22.7 Å². The number of hydrogen-bond acceptors (Lipinski definition) is 5. The van der Waals surface area contributed by atoms with Crippen molar-refractivity contribution in [1.82, 2.24) is 25.5 Å². The van der Waals surface area contributed by atoms with Gasteiger partial charge >= 0.3 is 0 Å². The van der Waals surface area contributed by atoms with Crippen molar-refractivity contribution in [3.63, 3.8) is 0 Å². The summed E-state index contributed by atoms with van der Waals surface area (Å²) in [5.74, 6) is 0. The SMILES string of the molecule is CCNC1CCC(C)(C)CC1Sc1nnnn1C1CC1. The third kappa shape index (κ3) is 3.17. The summed E-state index contributed by atoms with van der Waals surface area (Å²) in [6, 6.07) is 1.14. The number of thioether (sulfide) groups is 1. The lowest BCUT2D eigenvalue weighted by molar-refractivity contribution is 0.215. The molecule has 3 rings (SSSR count). The quantitative estimate of drug-likeness (QED) is 0.905. The van der Waals surface area contributed by atoms with Crippen LogP contribution in [0.15, 0.2) is 5.16 Å². The predicted octanol–water partition coefficient (Wildman–Crippen LogP) is 2.66. The summed E-state index contributed by atoms with van der Waals surface area (Å²) in [4.78, 5) is 0. The summed E-state index contributed by atoms with van der Waals surface area (Å²) >= 11 is 1.88. The van der Waals surface area contributed by atoms with E-state index in [1.54, 1.807) is 0 Å². The van der Waals surface area contributed by atoms with Crippen molar-refractivity contribution in [2.45, 2.75) is 75.4 Å². The first kappa shape index (κ1) is 14.3. The maximum absolute atomic E-state index is 4.25. The fraction of sp³-hybridized carbons (Fsp3) is 0.929. The average molecular weight is 295 g/mol. The monoisotopic (exact) mass is 295 g/mol. The Labute approximate surface area is 125 Å². The molecular weight excluding hydrogens is 270 g/mol. The van der Waals surface area contributed by atoms with Gasteiger partial charge in [-0.05, 0) is 54.5 Å². The highest BCUT2D eigenvalue weighted by atomic mass is 32.2. The number of aromatic nitrogens is 4. The van der Waals surface area contributed by atoms with E-state index in [2.05, 4.69) is 41.6 Å². The van der Waals surface area contributed by atoms with Crippen LogP contribution in [0.4, 0.5) is 0 Å². The molecule has 1 heterocycles. The number of tetrazole rings is 1. The Morgan fingerprint density at radius 1 is 1.35 bits per heavy atom. The molecule has 1 aromatic rings. The second-order valence-corrected chi connectivity index (χ2v) is 8.07. The first-order valence-electron chi connectivity index (χ1n) is 7.77. The molecule has 2 fully saturated rings. The zero-order chi connectivity index (χ0) is 14.2. The summed E-state index contributed by atoms with van der Waals surface area (Å²) in [6.45, 7) is 7.99. The van der Waals surface area contributed by atoms with E-state index in [1.165, 1.54) is 32.1 Å². The lowest BCUT2D eigenvalue weighted by atomic mass is 9.75. The van der Waals surface area contributed by atoms with Gasteiger partial charge in [-0.3, -0.25) is 0 Å². The van der Waals surface area contributed by atoms with Gasteiger partial charge in [0.25, 0.3) is 0 Å². The molecule has 1 aromatic heterocycles. The van der Waals surface area contributed by atoms with Crippen LogP contribution in [0.2, 0.25) is 0 Å². The molecule has 0 spiro atoms. The number of hydrogen-bond donors (Lipinski definition) is 1. The topological polar surface area (TPSA) is 55.6 Å². The van der Waals surface area contributed by atoms with Crippen LogP contribution in [0.5, 0.6) is 0 Å². The molecule has 0 aromatic carbocycles. The highest BCUT2D eigenvalue weighted by Crippen LogP contribution is 2.44. The van der Waals surface area contributed by atoms with E-state index >= 15 is 0 Å². The molecule has 0 saturated heterocycles. The van der Waals surface area contributed by atoms with Crippen molar-refractivity contribution in [3.8, 4) is 0 Å². The van der Waals surface area contributed by atoms with Gasteiger partial charge in [0.2, 0.25) is 5.16 Å². The molecule has 20 heavy (non-hydrogen) atoms. The standard InChI is InChI=1S/C14H25N5S/c1-4-15-11-7-8-14(2,3)9-12(11)20-13-16-17-18-19(13)10-5-6-10/h10-12,15H,4-9H2,1-3H3. The van der Waals surface area contributed by atoms with Gasteiger partial charge in [0.05, 0.1) is 6.04 Å². The van der Waals surface area contributed by atoms with Crippen LogP contribution in [0.3, 0.4) is 0 Å². The van der Waals surface area contributed by atoms with Crippen molar-refractivity contribution >= 4 is 11.8 Å². The Morgan fingerprint density at radius 2 is 2.15 bits per heavy atom. The first-order valence-corrected chi connectivity index (χ1v) is 8.65. The van der Waals surface area contributed by atoms with Gasteiger partial charge in [-0.25, -0.2) is 4.68 Å². The van der Waals surface area contributed by atoms with E-state index < -0.39 is 0 Å². The molecular formula is C14H25N5S. The third-order valence-electron chi connectivity index (χ3n) is 4.41. The van der Waals surface area contributed by atoms with Crippen LogP contribution in [-0.4, -0.2) is 38.0 Å². The molecule has 2 saturated carbocycles. The lowest BCUT2D eigenvalue weighted by Gasteiger charge is -2.40. The minimum absolute atomic E-state index is 0.432. The summed E-state index contributed by atoms with van der Waals surface area (Å²) in [5, 5.41) is 17.5. The number of nitrogens with zero attached hydrogens (tertiary/aromatic N) is 4. The summed E-state index contributed by atoms with van der Waals surface area (Å²) < 4.78 is 2.04. The predicted molar refractivity (Wildman–Crippen MR) is 80.8 cm³/mol. The maximum Gasteiger partial charge on any atom is 0.209 e. The summed E-state index contributed by atoms with van der Waals surface area (Å²) in [7, 11) is 0. The van der Waals surface area contributed by atoms with Gasteiger partial charge in [0.15, 0.2) is 0 Å². The van der Waals surface area contributed by atoms with Crippen molar-refractivity contribution in [1.29, 1.82) is 0 Å². The fourth-order valence-corrected chi connectivity index (χ4v) is 4.67. The van der Waals surface area contributed by atoms with Crippen LogP contribution in [0, 0.1) is 5.41 Å². The highest BCUT2D eigenvalue weighted by Gasteiger charge is 2.37. The van der Waals surface area contributed by atoms with E-state index in [9.17, 15) is 0 Å². The van der Waals surface area contributed by atoms with Gasteiger partial charge in [-0.2, -0.15) is 0 Å². The Hall–Kier alpha value is -0.620. The van der Waals surface area contributed by atoms with E-state index in [0.717, 1.165) is 11.7 Å². The largest absolute Gasteiger partial charge is 0.313 e. The normalized spacial score (nSPS) is 29.6. The molecule has 2 aliphatic carbocycles. The van der Waals surface area contributed by atoms with E-state index in [-0.39, 0.29) is 0 Å². The van der Waals surface area contributed by atoms with Gasteiger partial charge in [0.1, 0.15) is 0 Å². The lowest BCUT2D eigenvalue weighted by Crippen LogP contribution is -2.44. The molecule has 6 heteroatoms. The fourth-order valence-electron chi connectivity index (χ4n) is 3.09. The molecule has 5 nitrogen and oxygen atoms in total. The van der Waals surface area contributed by atoms with Crippen molar-refractivity contribution < 1.29 is 0 Å². The Bertz CT molecular complexity index is 454. The van der Waals surface area contributed by atoms with Crippen LogP contribution in [0.25, 0.3) is 0 Å². The molecule has 1 N–H and O–H groups in total. The van der Waals surface area contributed by atoms with Gasteiger partial charge in [-0.1, -0.05) is 32.5 Å². The smallest absolute Gasteiger partial charge is 0.209 e. The van der Waals surface area contributed by atoms with Crippen molar-refractivity contribution in [2.75, 3.05) is 6.54 Å². The summed E-state index contributed by atoms with van der Waals surface area (Å²) in [6.07, 6.45) is 6.24. The van der Waals surface area contributed by atoms with Gasteiger partial charge in [0, 0.05) is 11.3 Å². The number of nitrogens with one attached hydrogen (secondary N) is 1. The van der Waals surface area contributed by atoms with Gasteiger partial charge < -0.3 is 5.32 Å². The third-order valence-corrected chi connectivity index (χ3v) is 5.69. The molecule has 2 aliphatic rings. The van der Waals surface area contributed by atoms with Crippen molar-refractivity contribution in [2.24, 2.45) is 5.41 Å². The highest BCUT2D eigenvalue weighted by molar-refractivity contribution is 7.99. The maximum atomic E-state index is 4.25. The molecule has 2 unspecified atom stereocenters. The molecule has 0 bridgehead atoms. The minimum atomic E-state index is 0.432. The van der Waals surface area contributed by atoms with Crippen LogP contribution in [0.1, 0.15) is 58.9 Å². The Morgan fingerprint density at radius 3 is 2.85 bits per heavy atom. The van der Waals surface area contributed by atoms with E-state index in [4.69, 9.17) is 0 Å². The Kier molecular flexibility index (Phi) is 4.04. The summed E-state index contributed by atoms with van der Waals surface area (Å²) in [5.41, 5.74) is 0.432. The van der Waals surface area contributed by atoms with Crippen molar-refractivity contribution in [3.05, 3.63) is 0 Å². The minimum Gasteiger partial charge on any atom is -0.313 e. The number of rotatable bonds is 5. The van der Waals surface area contributed by atoms with Crippen LogP contribution < -0.4 is 5.32 Å². The Balaban J connectivity index is 1.72.